The molecule has 1 atom stereocenters. The molecule has 8 nitrogen and oxygen atoms in total. The minimum atomic E-state index is -1.24. The van der Waals surface area contributed by atoms with Crippen molar-refractivity contribution in [2.24, 2.45) is 11.7 Å². The van der Waals surface area contributed by atoms with Crippen LogP contribution >= 0.6 is 0 Å². The first-order valence-corrected chi connectivity index (χ1v) is 8.77. The lowest BCUT2D eigenvalue weighted by Gasteiger charge is -2.19. The van der Waals surface area contributed by atoms with Gasteiger partial charge in [-0.3, -0.25) is 10.1 Å². The summed E-state index contributed by atoms with van der Waals surface area (Å²) in [6.07, 6.45) is 2.48. The maximum atomic E-state index is 12.4. The monoisotopic (exact) mass is 372 g/mol. The average Bonchev–Trinajstić information content (AvgIpc) is 3.35. The highest BCUT2D eigenvalue weighted by Gasteiger charge is 2.30. The molecule has 0 spiro atoms. The lowest BCUT2D eigenvalue weighted by atomic mass is 10.1. The van der Waals surface area contributed by atoms with Gasteiger partial charge in [0, 0.05) is 17.4 Å². The van der Waals surface area contributed by atoms with Gasteiger partial charge in [0.15, 0.2) is 6.10 Å². The van der Waals surface area contributed by atoms with Gasteiger partial charge < -0.3 is 15.0 Å². The molecule has 1 saturated carbocycles. The molecule has 3 amide bonds. The summed E-state index contributed by atoms with van der Waals surface area (Å²) in [5.41, 5.74) is 7.51. The van der Waals surface area contributed by atoms with Crippen LogP contribution in [-0.2, 0) is 14.3 Å². The zero-order valence-corrected chi connectivity index (χ0v) is 15.9. The van der Waals surface area contributed by atoms with Crippen LogP contribution in [0.4, 0.5) is 4.79 Å². The van der Waals surface area contributed by atoms with E-state index in [1.54, 1.807) is 13.8 Å². The number of aryl methyl sites for hydroxylation is 1. The first kappa shape index (κ1) is 20.2. The molecule has 144 valence electrons. The smallest absolute Gasteiger partial charge is 0.349 e. The number of primary amides is 1. The topological polar surface area (TPSA) is 127 Å². The summed E-state index contributed by atoms with van der Waals surface area (Å²) in [6.45, 7) is 7.22. The number of aromatic nitrogens is 1. The SMILES string of the molecule is Cc1cc(/C=C(\C#N)C(=O)O[C@H](C(=O)NC(N)=O)C(C)C)c(C)n1C1CC1. The van der Waals surface area contributed by atoms with E-state index in [0.29, 0.717) is 6.04 Å². The number of nitrogens with one attached hydrogen (secondary N) is 1. The molecule has 2 rings (SSSR count). The van der Waals surface area contributed by atoms with Crippen LogP contribution in [0.1, 0.15) is 49.7 Å². The van der Waals surface area contributed by atoms with Crippen LogP contribution in [0, 0.1) is 31.1 Å². The molecule has 8 heteroatoms. The first-order valence-electron chi connectivity index (χ1n) is 8.77. The molecular formula is C19H24N4O4. The molecule has 0 aliphatic heterocycles. The van der Waals surface area contributed by atoms with E-state index in [2.05, 4.69) is 4.57 Å². The fourth-order valence-electron chi connectivity index (χ4n) is 3.00. The van der Waals surface area contributed by atoms with Crippen molar-refractivity contribution >= 4 is 24.0 Å². The molecule has 3 N–H and O–H groups in total. The van der Waals surface area contributed by atoms with Gasteiger partial charge in [-0.2, -0.15) is 5.26 Å². The lowest BCUT2D eigenvalue weighted by Crippen LogP contribution is -2.45. The molecule has 1 fully saturated rings. The second kappa shape index (κ2) is 8.08. The average molecular weight is 372 g/mol. The molecule has 1 aliphatic carbocycles. The second-order valence-electron chi connectivity index (χ2n) is 7.02. The van der Waals surface area contributed by atoms with Crippen molar-refractivity contribution in [2.75, 3.05) is 0 Å². The molecule has 1 aromatic rings. The Morgan fingerprint density at radius 1 is 1.37 bits per heavy atom. The number of imide groups is 1. The van der Waals surface area contributed by atoms with Gasteiger partial charge >= 0.3 is 12.0 Å². The van der Waals surface area contributed by atoms with Gasteiger partial charge in [-0.25, -0.2) is 9.59 Å². The molecule has 0 saturated heterocycles. The Kier molecular flexibility index (Phi) is 6.05. The molecule has 0 bridgehead atoms. The molecule has 27 heavy (non-hydrogen) atoms. The number of carbonyl (C=O) groups is 3. The summed E-state index contributed by atoms with van der Waals surface area (Å²) in [5, 5.41) is 11.3. The zero-order valence-electron chi connectivity index (χ0n) is 15.9. The minimum Gasteiger partial charge on any atom is -0.448 e. The van der Waals surface area contributed by atoms with Gasteiger partial charge in [0.25, 0.3) is 5.91 Å². The summed E-state index contributed by atoms with van der Waals surface area (Å²) >= 11 is 0. The van der Waals surface area contributed by atoms with Crippen molar-refractivity contribution in [3.8, 4) is 6.07 Å². The maximum Gasteiger partial charge on any atom is 0.349 e. The second-order valence-corrected chi connectivity index (χ2v) is 7.02. The predicted molar refractivity (Wildman–Crippen MR) is 98.2 cm³/mol. The summed E-state index contributed by atoms with van der Waals surface area (Å²) in [4.78, 5) is 35.3. The van der Waals surface area contributed by atoms with Crippen LogP contribution in [0.25, 0.3) is 6.08 Å². The van der Waals surface area contributed by atoms with E-state index < -0.39 is 29.9 Å². The zero-order chi connectivity index (χ0) is 20.3. The summed E-state index contributed by atoms with van der Waals surface area (Å²) < 4.78 is 7.38. The number of esters is 1. The number of nitrogens with zero attached hydrogens (tertiary/aromatic N) is 2. The van der Waals surface area contributed by atoms with E-state index in [1.807, 2.05) is 31.3 Å². The van der Waals surface area contributed by atoms with E-state index in [4.69, 9.17) is 10.5 Å². The third-order valence-corrected chi connectivity index (χ3v) is 4.42. The van der Waals surface area contributed by atoms with Gasteiger partial charge in [0.1, 0.15) is 11.6 Å². The number of nitriles is 1. The van der Waals surface area contributed by atoms with Gasteiger partial charge in [-0.05, 0) is 50.3 Å². The Hall–Kier alpha value is -3.08. The Bertz CT molecular complexity index is 841. The van der Waals surface area contributed by atoms with Crippen LogP contribution in [0.15, 0.2) is 11.6 Å². The van der Waals surface area contributed by atoms with Gasteiger partial charge in [-0.1, -0.05) is 13.8 Å². The lowest BCUT2D eigenvalue weighted by molar-refractivity contribution is -0.154. The fraction of sp³-hybridized carbons (Fsp3) is 0.474. The van der Waals surface area contributed by atoms with Crippen molar-refractivity contribution in [1.29, 1.82) is 5.26 Å². The van der Waals surface area contributed by atoms with Crippen LogP contribution in [0.3, 0.4) is 0 Å². The van der Waals surface area contributed by atoms with Crippen molar-refractivity contribution in [3.05, 3.63) is 28.6 Å². The number of urea groups is 1. The molecule has 0 aromatic carbocycles. The van der Waals surface area contributed by atoms with E-state index in [9.17, 15) is 19.6 Å². The molecule has 0 unspecified atom stereocenters. The van der Waals surface area contributed by atoms with Crippen LogP contribution in [0.5, 0.6) is 0 Å². The Labute approximate surface area is 158 Å². The summed E-state index contributed by atoms with van der Waals surface area (Å²) in [6, 6.07) is 3.19. The number of carbonyl (C=O) groups excluding carboxylic acids is 3. The van der Waals surface area contributed by atoms with Crippen LogP contribution in [0.2, 0.25) is 0 Å². The number of amides is 3. The minimum absolute atomic E-state index is 0.219. The number of rotatable bonds is 6. The van der Waals surface area contributed by atoms with Gasteiger partial charge in [0.05, 0.1) is 0 Å². The normalized spacial score (nSPS) is 15.2. The van der Waals surface area contributed by atoms with E-state index in [0.717, 1.165) is 29.8 Å². The third-order valence-electron chi connectivity index (χ3n) is 4.42. The molecular weight excluding hydrogens is 348 g/mol. The van der Waals surface area contributed by atoms with Crippen molar-refractivity contribution in [3.63, 3.8) is 0 Å². The molecule has 0 radical (unpaired) electrons. The molecule has 1 aliphatic rings. The number of nitrogens with two attached hydrogens (primary N) is 1. The predicted octanol–water partition coefficient (Wildman–Crippen LogP) is 2.11. The highest BCUT2D eigenvalue weighted by Crippen LogP contribution is 2.38. The number of hydrogen-bond donors (Lipinski definition) is 2. The van der Waals surface area contributed by atoms with Crippen molar-refractivity contribution in [1.82, 2.24) is 9.88 Å². The quantitative estimate of drug-likeness (QED) is 0.449. The number of hydrogen-bond acceptors (Lipinski definition) is 5. The third kappa shape index (κ3) is 4.76. The molecule has 1 heterocycles. The number of ether oxygens (including phenoxy) is 1. The first-order chi connectivity index (χ1) is 12.6. The maximum absolute atomic E-state index is 12.4. The van der Waals surface area contributed by atoms with E-state index in [-0.39, 0.29) is 5.57 Å². The summed E-state index contributed by atoms with van der Waals surface area (Å²) in [5.74, 6) is -2.16. The Morgan fingerprint density at radius 3 is 2.48 bits per heavy atom. The highest BCUT2D eigenvalue weighted by molar-refractivity contribution is 6.01. The summed E-state index contributed by atoms with van der Waals surface area (Å²) in [7, 11) is 0. The van der Waals surface area contributed by atoms with Crippen LogP contribution < -0.4 is 11.1 Å². The standard InChI is InChI=1S/C19H24N4O4/c1-10(2)16(17(24)22-19(21)26)27-18(25)14(9-20)8-13-7-11(3)23(12(13)4)15-5-6-15/h7-8,10,15-16H,5-6H2,1-4H3,(H3,21,22,24,26)/b14-8+/t16-/m0/s1. The fourth-order valence-corrected chi connectivity index (χ4v) is 3.00. The van der Waals surface area contributed by atoms with Gasteiger partial charge in [0.2, 0.25) is 0 Å². The highest BCUT2D eigenvalue weighted by atomic mass is 16.5. The van der Waals surface area contributed by atoms with E-state index in [1.165, 1.54) is 6.08 Å². The van der Waals surface area contributed by atoms with E-state index >= 15 is 0 Å². The van der Waals surface area contributed by atoms with Crippen molar-refractivity contribution < 1.29 is 19.1 Å². The Morgan fingerprint density at radius 2 is 2.00 bits per heavy atom. The van der Waals surface area contributed by atoms with Crippen molar-refractivity contribution in [2.45, 2.75) is 52.7 Å². The van der Waals surface area contributed by atoms with Crippen LogP contribution in [-0.4, -0.2) is 28.6 Å². The molecule has 1 aromatic heterocycles. The Balaban J connectivity index is 2.23. The van der Waals surface area contributed by atoms with Gasteiger partial charge in [-0.15, -0.1) is 0 Å². The largest absolute Gasteiger partial charge is 0.448 e.